The number of anilines is 1. The molecule has 0 radical (unpaired) electrons. The van der Waals surface area contributed by atoms with E-state index in [1.165, 1.54) is 11.3 Å². The van der Waals surface area contributed by atoms with Gasteiger partial charge in [-0.05, 0) is 29.8 Å². The molecule has 0 bridgehead atoms. The normalized spacial score (nSPS) is 14.5. The molecular formula is C22H26ClIN6. The van der Waals surface area contributed by atoms with Crippen molar-refractivity contribution in [3.63, 3.8) is 0 Å². The van der Waals surface area contributed by atoms with Gasteiger partial charge in [-0.3, -0.25) is 0 Å². The molecule has 1 aliphatic heterocycles. The fourth-order valence-electron chi connectivity index (χ4n) is 3.51. The van der Waals surface area contributed by atoms with Gasteiger partial charge in [-0.25, -0.2) is 9.98 Å². The lowest BCUT2D eigenvalue weighted by Gasteiger charge is -2.36. The first-order valence-electron chi connectivity index (χ1n) is 9.78. The lowest BCUT2D eigenvalue weighted by molar-refractivity contribution is 0.380. The summed E-state index contributed by atoms with van der Waals surface area (Å²) in [4.78, 5) is 13.5. The van der Waals surface area contributed by atoms with E-state index in [1.54, 1.807) is 0 Å². The van der Waals surface area contributed by atoms with Crippen LogP contribution < -0.4 is 10.6 Å². The molecule has 3 aromatic rings. The summed E-state index contributed by atoms with van der Waals surface area (Å²) >= 11 is 5.98. The summed E-state index contributed by atoms with van der Waals surface area (Å²) in [6.45, 7) is 4.75. The molecule has 8 heteroatoms. The minimum atomic E-state index is 0. The Labute approximate surface area is 199 Å². The summed E-state index contributed by atoms with van der Waals surface area (Å²) in [6, 6.07) is 18.3. The molecule has 2 N–H and O–H groups in total. The number of benzene rings is 2. The van der Waals surface area contributed by atoms with Crippen molar-refractivity contribution in [2.24, 2.45) is 10.7 Å². The van der Waals surface area contributed by atoms with Crippen molar-refractivity contribution in [3.8, 4) is 0 Å². The fraction of sp³-hybridized carbons (Fsp3) is 0.273. The lowest BCUT2D eigenvalue weighted by Crippen LogP contribution is -2.51. The van der Waals surface area contributed by atoms with E-state index < -0.39 is 0 Å². The van der Waals surface area contributed by atoms with Gasteiger partial charge in [0.1, 0.15) is 12.4 Å². The Balaban J connectivity index is 0.00000256. The summed E-state index contributed by atoms with van der Waals surface area (Å²) in [5, 5.41) is 0.759. The SMILES string of the molecule is I.NC(=NCc1nccn1Cc1ccccc1)N1CCN(c2ccc(Cl)cc2)CC1. The first kappa shape index (κ1) is 22.4. The molecule has 2 aromatic carbocycles. The fourth-order valence-corrected chi connectivity index (χ4v) is 3.64. The van der Waals surface area contributed by atoms with Gasteiger partial charge in [0.05, 0.1) is 0 Å². The lowest BCUT2D eigenvalue weighted by atomic mass is 10.2. The summed E-state index contributed by atoms with van der Waals surface area (Å²) in [7, 11) is 0. The van der Waals surface area contributed by atoms with Crippen molar-refractivity contribution in [3.05, 3.63) is 83.4 Å². The second-order valence-electron chi connectivity index (χ2n) is 7.08. The number of piperazine rings is 1. The maximum absolute atomic E-state index is 6.27. The number of hydrogen-bond donors (Lipinski definition) is 1. The van der Waals surface area contributed by atoms with Gasteiger partial charge in [-0.15, -0.1) is 24.0 Å². The van der Waals surface area contributed by atoms with Crippen LogP contribution in [0.1, 0.15) is 11.4 Å². The van der Waals surface area contributed by atoms with Gasteiger partial charge in [0, 0.05) is 55.8 Å². The smallest absolute Gasteiger partial charge is 0.191 e. The molecule has 1 aromatic heterocycles. The zero-order valence-corrected chi connectivity index (χ0v) is 19.8. The molecule has 1 aliphatic rings. The van der Waals surface area contributed by atoms with Crippen molar-refractivity contribution in [1.29, 1.82) is 0 Å². The second kappa shape index (κ2) is 10.7. The van der Waals surface area contributed by atoms with Gasteiger partial charge in [0.25, 0.3) is 0 Å². The van der Waals surface area contributed by atoms with Crippen molar-refractivity contribution in [2.45, 2.75) is 13.1 Å². The highest BCUT2D eigenvalue weighted by molar-refractivity contribution is 14.0. The summed E-state index contributed by atoms with van der Waals surface area (Å²) in [5.74, 6) is 1.49. The van der Waals surface area contributed by atoms with Crippen LogP contribution in [0.25, 0.3) is 0 Å². The Bertz CT molecular complexity index is 949. The summed E-state index contributed by atoms with van der Waals surface area (Å²) < 4.78 is 2.12. The van der Waals surface area contributed by atoms with Crippen molar-refractivity contribution < 1.29 is 0 Å². The highest BCUT2D eigenvalue weighted by Gasteiger charge is 2.18. The minimum absolute atomic E-state index is 0. The molecule has 30 heavy (non-hydrogen) atoms. The number of aromatic nitrogens is 2. The monoisotopic (exact) mass is 536 g/mol. The third-order valence-electron chi connectivity index (χ3n) is 5.18. The molecule has 158 valence electrons. The Kier molecular flexibility index (Phi) is 7.98. The molecule has 0 spiro atoms. The zero-order chi connectivity index (χ0) is 20.1. The number of aliphatic imine (C=N–C) groups is 1. The molecule has 6 nitrogen and oxygen atoms in total. The van der Waals surface area contributed by atoms with E-state index >= 15 is 0 Å². The molecule has 0 atom stereocenters. The Hall–Kier alpha value is -2.26. The largest absolute Gasteiger partial charge is 0.370 e. The Morgan fingerprint density at radius 2 is 1.70 bits per heavy atom. The molecule has 0 saturated carbocycles. The molecule has 1 fully saturated rings. The van der Waals surface area contributed by atoms with Gasteiger partial charge in [0.15, 0.2) is 5.96 Å². The van der Waals surface area contributed by atoms with Crippen LogP contribution in [0.4, 0.5) is 5.69 Å². The first-order chi connectivity index (χ1) is 14.2. The molecule has 0 unspecified atom stereocenters. The molecule has 4 rings (SSSR count). The maximum Gasteiger partial charge on any atom is 0.191 e. The van der Waals surface area contributed by atoms with Crippen LogP contribution in [-0.2, 0) is 13.1 Å². The van der Waals surface area contributed by atoms with E-state index in [-0.39, 0.29) is 24.0 Å². The van der Waals surface area contributed by atoms with E-state index in [0.29, 0.717) is 12.5 Å². The summed E-state index contributed by atoms with van der Waals surface area (Å²) in [5.41, 5.74) is 8.70. The van der Waals surface area contributed by atoms with Crippen LogP contribution in [0.15, 0.2) is 72.0 Å². The number of hydrogen-bond acceptors (Lipinski definition) is 3. The zero-order valence-electron chi connectivity index (χ0n) is 16.7. The van der Waals surface area contributed by atoms with Crippen LogP contribution in [0.5, 0.6) is 0 Å². The van der Waals surface area contributed by atoms with E-state index in [1.807, 2.05) is 42.7 Å². The number of guanidine groups is 1. The van der Waals surface area contributed by atoms with Gasteiger partial charge in [0.2, 0.25) is 0 Å². The van der Waals surface area contributed by atoms with Gasteiger partial charge >= 0.3 is 0 Å². The highest BCUT2D eigenvalue weighted by Crippen LogP contribution is 2.19. The third-order valence-corrected chi connectivity index (χ3v) is 5.43. The van der Waals surface area contributed by atoms with Crippen LogP contribution in [-0.4, -0.2) is 46.6 Å². The standard InChI is InChI=1S/C22H25ClN6.HI/c23-19-6-8-20(9-7-19)27-12-14-28(15-13-27)22(24)26-16-21-25-10-11-29(21)17-18-4-2-1-3-5-18;/h1-11H,12-17H2,(H2,24,26);1H. The van der Waals surface area contributed by atoms with Crippen molar-refractivity contribution in [2.75, 3.05) is 31.1 Å². The highest BCUT2D eigenvalue weighted by atomic mass is 127. The van der Waals surface area contributed by atoms with Crippen LogP contribution >= 0.6 is 35.6 Å². The first-order valence-corrected chi connectivity index (χ1v) is 10.2. The molecule has 0 amide bonds. The van der Waals surface area contributed by atoms with Crippen molar-refractivity contribution >= 4 is 47.2 Å². The summed E-state index contributed by atoms with van der Waals surface area (Å²) in [6.07, 6.45) is 3.80. The predicted octanol–water partition coefficient (Wildman–Crippen LogP) is 3.84. The van der Waals surface area contributed by atoms with Gasteiger partial charge in [-0.2, -0.15) is 0 Å². The average Bonchev–Trinajstić information content (AvgIpc) is 3.20. The van der Waals surface area contributed by atoms with Crippen molar-refractivity contribution in [1.82, 2.24) is 14.5 Å². The second-order valence-corrected chi connectivity index (χ2v) is 7.52. The number of rotatable bonds is 5. The molecule has 1 saturated heterocycles. The van der Waals surface area contributed by atoms with Crippen LogP contribution in [0.3, 0.4) is 0 Å². The molecular weight excluding hydrogens is 511 g/mol. The maximum atomic E-state index is 6.27. The van der Waals surface area contributed by atoms with Crippen LogP contribution in [0.2, 0.25) is 5.02 Å². The number of nitrogens with zero attached hydrogens (tertiary/aromatic N) is 5. The number of imidazole rings is 1. The number of nitrogens with two attached hydrogens (primary N) is 1. The third kappa shape index (κ3) is 5.66. The van der Waals surface area contributed by atoms with E-state index in [0.717, 1.165) is 43.6 Å². The Morgan fingerprint density at radius 1 is 1.00 bits per heavy atom. The number of halogens is 2. The van der Waals surface area contributed by atoms with E-state index in [2.05, 4.69) is 48.6 Å². The predicted molar refractivity (Wildman–Crippen MR) is 134 cm³/mol. The molecule has 0 aliphatic carbocycles. The van der Waals surface area contributed by atoms with Crippen LogP contribution in [0, 0.1) is 0 Å². The Morgan fingerprint density at radius 3 is 2.40 bits per heavy atom. The quantitative estimate of drug-likeness (QED) is 0.306. The van der Waals surface area contributed by atoms with E-state index in [9.17, 15) is 0 Å². The topological polar surface area (TPSA) is 62.7 Å². The van der Waals surface area contributed by atoms with Gasteiger partial charge in [-0.1, -0.05) is 41.9 Å². The van der Waals surface area contributed by atoms with E-state index in [4.69, 9.17) is 17.3 Å². The minimum Gasteiger partial charge on any atom is -0.370 e. The molecule has 2 heterocycles. The van der Waals surface area contributed by atoms with Gasteiger partial charge < -0.3 is 20.1 Å². The average molecular weight is 537 g/mol.